The number of carbonyl (C=O) groups is 8. The number of rotatable bonds is 24. The molecule has 3 aliphatic rings. The Kier molecular flexibility index (Phi) is 27.4. The first kappa shape index (κ1) is 65.7. The van der Waals surface area contributed by atoms with E-state index in [2.05, 4.69) is 31.9 Å². The number of nitriles is 1. The lowest BCUT2D eigenvalue weighted by molar-refractivity contribution is -0.140. The summed E-state index contributed by atoms with van der Waals surface area (Å²) >= 11 is 0. The van der Waals surface area contributed by atoms with Gasteiger partial charge in [-0.15, -0.1) is 0 Å². The molecular formula is C57H79FN12O14. The molecule has 1 aromatic heterocycles. The van der Waals surface area contributed by atoms with Crippen molar-refractivity contribution in [2.45, 2.75) is 50.6 Å². The van der Waals surface area contributed by atoms with Gasteiger partial charge < -0.3 is 55.3 Å². The molecule has 3 fully saturated rings. The largest absolute Gasteiger partial charge is 0.494 e. The summed E-state index contributed by atoms with van der Waals surface area (Å²) in [6.07, 6.45) is 4.58. The number of nitrogens with zero attached hydrogens (tertiary/aromatic N) is 9. The molecule has 5 amide bonds. The van der Waals surface area contributed by atoms with Crippen molar-refractivity contribution in [3.8, 4) is 11.8 Å². The minimum atomic E-state index is -1.08. The summed E-state index contributed by atoms with van der Waals surface area (Å²) in [5.74, 6) is -5.18. The van der Waals surface area contributed by atoms with Gasteiger partial charge in [0.15, 0.2) is 0 Å². The van der Waals surface area contributed by atoms with Crippen molar-refractivity contribution in [1.82, 2.24) is 55.2 Å². The normalized spacial score (nSPS) is 18.4. The molecule has 3 aliphatic heterocycles. The monoisotopic (exact) mass is 1170 g/mol. The summed E-state index contributed by atoms with van der Waals surface area (Å²) in [7, 11) is 0. The number of aromatic nitrogens is 1. The number of fused-ring (bicyclic) bond motifs is 1. The summed E-state index contributed by atoms with van der Waals surface area (Å²) < 4.78 is 31.8. The van der Waals surface area contributed by atoms with E-state index < -0.39 is 53.5 Å². The van der Waals surface area contributed by atoms with E-state index >= 15 is 0 Å². The van der Waals surface area contributed by atoms with Crippen LogP contribution in [-0.4, -0.2) is 278 Å². The van der Waals surface area contributed by atoms with Crippen LogP contribution < -0.4 is 20.7 Å². The van der Waals surface area contributed by atoms with Gasteiger partial charge in [-0.05, 0) is 87.1 Å². The molecule has 0 bridgehead atoms. The minimum Gasteiger partial charge on any atom is -0.494 e. The Morgan fingerprint density at radius 1 is 0.679 bits per heavy atom. The van der Waals surface area contributed by atoms with Gasteiger partial charge in [-0.2, -0.15) is 5.26 Å². The third-order valence-electron chi connectivity index (χ3n) is 14.7. The van der Waals surface area contributed by atoms with Crippen LogP contribution in [0.4, 0.5) is 4.39 Å². The zero-order chi connectivity index (χ0) is 60.2. The van der Waals surface area contributed by atoms with Gasteiger partial charge in [0.25, 0.3) is 11.8 Å². The number of likely N-dealkylation sites (tertiary alicyclic amines) is 1. The van der Waals surface area contributed by atoms with Crippen molar-refractivity contribution in [3.05, 3.63) is 71.7 Å². The predicted octanol–water partition coefficient (Wildman–Crippen LogP) is 0.125. The first-order valence-corrected chi connectivity index (χ1v) is 28.6. The molecule has 3 aromatic rings. The van der Waals surface area contributed by atoms with Gasteiger partial charge in [0, 0.05) is 115 Å². The Hall–Kier alpha value is -7.45. The second kappa shape index (κ2) is 35.0. The Morgan fingerprint density at radius 3 is 1.85 bits per heavy atom. The average molecular weight is 1180 g/mol. The van der Waals surface area contributed by atoms with Gasteiger partial charge in [-0.3, -0.25) is 67.8 Å². The number of nitrogens with one attached hydrogen (secondary N) is 3. The lowest BCUT2D eigenvalue weighted by atomic mass is 10.1. The second-order valence-electron chi connectivity index (χ2n) is 20.9. The Bertz CT molecular complexity index is 2670. The van der Waals surface area contributed by atoms with Crippen LogP contribution >= 0.6 is 0 Å². The highest BCUT2D eigenvalue weighted by Gasteiger charge is 2.30. The highest BCUT2D eigenvalue weighted by molar-refractivity contribution is 6.07. The number of carbonyl (C=O) groups excluding carboxylic acids is 5. The lowest BCUT2D eigenvalue weighted by Crippen LogP contribution is -2.53. The minimum absolute atomic E-state index is 0.188. The zero-order valence-electron chi connectivity index (χ0n) is 47.5. The maximum Gasteiger partial charge on any atom is 0.317 e. The van der Waals surface area contributed by atoms with Crippen molar-refractivity contribution in [2.24, 2.45) is 0 Å². The molecule has 3 saturated heterocycles. The number of hydrogen-bond acceptors (Lipinski definition) is 18. The highest BCUT2D eigenvalue weighted by atomic mass is 19.1. The Labute approximate surface area is 487 Å². The summed E-state index contributed by atoms with van der Waals surface area (Å²) in [5.41, 5.74) is 1.20. The molecule has 4 heterocycles. The summed E-state index contributed by atoms with van der Waals surface area (Å²) in [5, 5.41) is 47.3. The number of benzene rings is 2. The smallest absolute Gasteiger partial charge is 0.317 e. The van der Waals surface area contributed by atoms with E-state index in [1.54, 1.807) is 48.8 Å². The molecule has 0 radical (unpaired) electrons. The molecule has 26 nitrogen and oxygen atoms in total. The fourth-order valence-corrected chi connectivity index (χ4v) is 10.1. The van der Waals surface area contributed by atoms with Crippen LogP contribution in [0.25, 0.3) is 10.9 Å². The molecule has 0 aliphatic carbocycles. The molecule has 0 saturated carbocycles. The second-order valence-corrected chi connectivity index (χ2v) is 20.9. The van der Waals surface area contributed by atoms with Crippen LogP contribution in [0.15, 0.2) is 54.7 Å². The van der Waals surface area contributed by atoms with Gasteiger partial charge in [0.05, 0.1) is 82.9 Å². The maximum atomic E-state index is 14.5. The average Bonchev–Trinajstić information content (AvgIpc) is 3.66. The lowest BCUT2D eigenvalue weighted by Gasteiger charge is -2.33. The van der Waals surface area contributed by atoms with E-state index in [0.717, 1.165) is 6.42 Å². The van der Waals surface area contributed by atoms with E-state index in [1.807, 2.05) is 0 Å². The van der Waals surface area contributed by atoms with Gasteiger partial charge in [0.2, 0.25) is 17.7 Å². The number of ether oxygens (including phenoxy) is 3. The first-order valence-electron chi connectivity index (χ1n) is 28.6. The van der Waals surface area contributed by atoms with Crippen LogP contribution in [0.2, 0.25) is 0 Å². The molecule has 0 spiro atoms. The summed E-state index contributed by atoms with van der Waals surface area (Å²) in [4.78, 5) is 119. The van der Waals surface area contributed by atoms with Crippen molar-refractivity contribution < 1.29 is 72.3 Å². The van der Waals surface area contributed by atoms with Crippen molar-refractivity contribution in [2.75, 3.05) is 164 Å². The van der Waals surface area contributed by atoms with E-state index in [0.29, 0.717) is 93.9 Å². The van der Waals surface area contributed by atoms with Crippen LogP contribution in [0.1, 0.15) is 59.2 Å². The van der Waals surface area contributed by atoms with E-state index in [-0.39, 0.29) is 142 Å². The Balaban J connectivity index is 1.02. The molecule has 6 rings (SSSR count). The molecule has 0 unspecified atom stereocenters. The van der Waals surface area contributed by atoms with E-state index in [1.165, 1.54) is 35.4 Å². The van der Waals surface area contributed by atoms with Gasteiger partial charge >= 0.3 is 17.9 Å². The van der Waals surface area contributed by atoms with Crippen LogP contribution in [0, 0.1) is 17.1 Å². The molecule has 2 aromatic carbocycles. The third-order valence-corrected chi connectivity index (χ3v) is 14.7. The van der Waals surface area contributed by atoms with E-state index in [4.69, 9.17) is 14.2 Å². The van der Waals surface area contributed by atoms with Gasteiger partial charge in [-0.1, -0.05) is 0 Å². The molecule has 27 heteroatoms. The number of hydrogen-bond donors (Lipinski definition) is 6. The standard InChI is InChI=1S/C57H79FN12O14/c58-43-9-7-42(8-10-43)55(79)61-14-2-1-6-49(63-50(71)38-65-18-20-66(39-52(73)74)22-24-68(41-54(77)78)25-23-67(21-19-65)40-53(75)76)57(81)69-28-33-82-31-26-64(27-32-83-34-29-69)16-4-30-84-45-11-12-48-47(35-45)46(13-15-60-48)56(80)62-37-51(72)70-17-3-5-44(70)36-59/h7-13,15,35,44,49H,1-6,14,16-34,37-41H2,(H,61,79)(H,62,80)(H,63,71)(H,73,74)(H,75,76)(H,77,78)/t44-,49-/m0/s1. The molecule has 84 heavy (non-hydrogen) atoms. The number of aliphatic carboxylic acids is 3. The number of unbranched alkanes of at least 4 members (excludes halogenated alkanes) is 1. The van der Waals surface area contributed by atoms with Crippen molar-refractivity contribution >= 4 is 58.3 Å². The number of halogens is 1. The zero-order valence-corrected chi connectivity index (χ0v) is 47.5. The SMILES string of the molecule is N#C[C@@H]1CCCN1C(=O)CNC(=O)c1ccnc2ccc(OCCCN3CCOCCN(C(=O)[C@H](CCCCNC(=O)c4ccc(F)cc4)NC(=O)CN4CCN(CC(=O)O)CCN(CC(=O)O)CCN(CC(=O)O)CC4)CCOCC3)cc12. The number of pyridine rings is 1. The molecular weight excluding hydrogens is 1100 g/mol. The summed E-state index contributed by atoms with van der Waals surface area (Å²) in [6.45, 7) is 4.52. The fourth-order valence-electron chi connectivity index (χ4n) is 10.1. The topological polar surface area (TPSA) is 320 Å². The molecule has 458 valence electrons. The fraction of sp³-hybridized carbons (Fsp3) is 0.579. The van der Waals surface area contributed by atoms with Crippen LogP contribution in [-0.2, 0) is 38.2 Å². The number of amides is 5. The van der Waals surface area contributed by atoms with E-state index in [9.17, 15) is 63.3 Å². The van der Waals surface area contributed by atoms with Crippen molar-refractivity contribution in [1.29, 1.82) is 5.26 Å². The first-order chi connectivity index (χ1) is 40.5. The van der Waals surface area contributed by atoms with Crippen molar-refractivity contribution in [3.63, 3.8) is 0 Å². The number of carboxylic acids is 3. The quantitative estimate of drug-likeness (QED) is 0.0649. The highest BCUT2D eigenvalue weighted by Crippen LogP contribution is 2.24. The molecule has 2 atom stereocenters. The van der Waals surface area contributed by atoms with Crippen LogP contribution in [0.3, 0.4) is 0 Å². The summed E-state index contributed by atoms with van der Waals surface area (Å²) in [6, 6.07) is 12.7. The number of carboxylic acid groups (broad SMARTS) is 3. The van der Waals surface area contributed by atoms with Gasteiger partial charge in [0.1, 0.15) is 23.7 Å². The maximum absolute atomic E-state index is 14.5. The van der Waals surface area contributed by atoms with Crippen LogP contribution in [0.5, 0.6) is 5.75 Å². The Morgan fingerprint density at radius 2 is 1.26 bits per heavy atom. The third kappa shape index (κ3) is 22.6. The van der Waals surface area contributed by atoms with Gasteiger partial charge in [-0.25, -0.2) is 4.39 Å². The predicted molar refractivity (Wildman–Crippen MR) is 302 cm³/mol. The molecule has 6 N–H and O–H groups in total.